The summed E-state index contributed by atoms with van der Waals surface area (Å²) in [7, 11) is 0. The molecule has 0 heterocycles. The van der Waals surface area contributed by atoms with Gasteiger partial charge in [-0.2, -0.15) is 0 Å². The largest absolute Gasteiger partial charge is 0.324 e. The summed E-state index contributed by atoms with van der Waals surface area (Å²) in [6, 6.07) is 0. The summed E-state index contributed by atoms with van der Waals surface area (Å²) in [5, 5.41) is 3.56. The SMILES string of the molecule is CCCC(C)(N)CNCC1C(C)(C)C1(C)C. The monoisotopic (exact) mass is 226 g/mol. The van der Waals surface area contributed by atoms with Gasteiger partial charge in [-0.1, -0.05) is 41.0 Å². The fraction of sp³-hybridized carbons (Fsp3) is 1.00. The zero-order valence-electron chi connectivity index (χ0n) is 12.0. The van der Waals surface area contributed by atoms with E-state index in [4.69, 9.17) is 5.73 Å². The Bertz CT molecular complexity index is 227. The predicted octanol–water partition coefficient (Wildman–Crippen LogP) is 2.78. The molecule has 2 heteroatoms. The molecular formula is C14H30N2. The van der Waals surface area contributed by atoms with Crippen molar-refractivity contribution >= 4 is 0 Å². The molecule has 96 valence electrons. The fourth-order valence-corrected chi connectivity index (χ4v) is 3.01. The topological polar surface area (TPSA) is 38.0 Å². The van der Waals surface area contributed by atoms with Gasteiger partial charge in [-0.25, -0.2) is 0 Å². The molecule has 0 amide bonds. The molecule has 0 aromatic carbocycles. The van der Waals surface area contributed by atoms with E-state index in [1.54, 1.807) is 0 Å². The van der Waals surface area contributed by atoms with Crippen LogP contribution >= 0.6 is 0 Å². The van der Waals surface area contributed by atoms with E-state index < -0.39 is 0 Å². The van der Waals surface area contributed by atoms with Gasteiger partial charge < -0.3 is 11.1 Å². The first-order chi connectivity index (χ1) is 7.15. The molecule has 1 unspecified atom stereocenters. The summed E-state index contributed by atoms with van der Waals surface area (Å²) in [4.78, 5) is 0. The van der Waals surface area contributed by atoms with E-state index in [-0.39, 0.29) is 5.54 Å². The lowest BCUT2D eigenvalue weighted by molar-refractivity contribution is 0.385. The molecule has 1 rings (SSSR count). The van der Waals surface area contributed by atoms with Crippen LogP contribution in [0.3, 0.4) is 0 Å². The van der Waals surface area contributed by atoms with Gasteiger partial charge in [0.05, 0.1) is 0 Å². The van der Waals surface area contributed by atoms with E-state index in [1.165, 1.54) is 0 Å². The van der Waals surface area contributed by atoms with E-state index in [2.05, 4.69) is 46.9 Å². The Hall–Kier alpha value is -0.0800. The molecule has 1 fully saturated rings. The second-order valence-corrected chi connectivity index (χ2v) is 7.03. The third-order valence-corrected chi connectivity index (χ3v) is 5.02. The molecule has 0 aliphatic heterocycles. The van der Waals surface area contributed by atoms with Crippen molar-refractivity contribution in [2.75, 3.05) is 13.1 Å². The molecule has 0 spiro atoms. The maximum atomic E-state index is 6.21. The number of rotatable bonds is 6. The van der Waals surface area contributed by atoms with Crippen LogP contribution in [-0.2, 0) is 0 Å². The zero-order chi connectivity index (χ0) is 12.6. The smallest absolute Gasteiger partial charge is 0.0252 e. The van der Waals surface area contributed by atoms with Crippen molar-refractivity contribution < 1.29 is 0 Å². The van der Waals surface area contributed by atoms with Gasteiger partial charge in [0.15, 0.2) is 0 Å². The Kier molecular flexibility index (Phi) is 3.76. The lowest BCUT2D eigenvalue weighted by Gasteiger charge is -2.24. The van der Waals surface area contributed by atoms with Crippen molar-refractivity contribution in [2.45, 2.75) is 59.9 Å². The first kappa shape index (κ1) is 14.0. The molecular weight excluding hydrogens is 196 g/mol. The van der Waals surface area contributed by atoms with Crippen LogP contribution in [0.25, 0.3) is 0 Å². The van der Waals surface area contributed by atoms with Crippen LogP contribution in [0.2, 0.25) is 0 Å². The Morgan fingerprint density at radius 3 is 2.06 bits per heavy atom. The number of hydrogen-bond donors (Lipinski definition) is 2. The zero-order valence-corrected chi connectivity index (χ0v) is 12.0. The molecule has 0 bridgehead atoms. The molecule has 0 saturated heterocycles. The number of nitrogens with two attached hydrogens (primary N) is 1. The van der Waals surface area contributed by atoms with Crippen LogP contribution < -0.4 is 11.1 Å². The number of hydrogen-bond acceptors (Lipinski definition) is 2. The van der Waals surface area contributed by atoms with Gasteiger partial charge in [-0.15, -0.1) is 0 Å². The van der Waals surface area contributed by atoms with Crippen LogP contribution in [0.4, 0.5) is 0 Å². The molecule has 16 heavy (non-hydrogen) atoms. The van der Waals surface area contributed by atoms with Crippen LogP contribution in [0.15, 0.2) is 0 Å². The highest BCUT2D eigenvalue weighted by atomic mass is 15.0. The Labute approximate surface area is 101 Å². The van der Waals surface area contributed by atoms with E-state index in [0.717, 1.165) is 31.8 Å². The highest BCUT2D eigenvalue weighted by Crippen LogP contribution is 2.67. The molecule has 0 aromatic heterocycles. The summed E-state index contributed by atoms with van der Waals surface area (Å²) in [5.41, 5.74) is 7.13. The summed E-state index contributed by atoms with van der Waals surface area (Å²) < 4.78 is 0. The number of nitrogens with one attached hydrogen (secondary N) is 1. The molecule has 1 aliphatic carbocycles. The Morgan fingerprint density at radius 1 is 1.19 bits per heavy atom. The van der Waals surface area contributed by atoms with Gasteiger partial charge in [0, 0.05) is 12.1 Å². The van der Waals surface area contributed by atoms with Crippen LogP contribution in [0.5, 0.6) is 0 Å². The first-order valence-electron chi connectivity index (χ1n) is 6.65. The molecule has 1 atom stereocenters. The van der Waals surface area contributed by atoms with Crippen LogP contribution in [0, 0.1) is 16.7 Å². The van der Waals surface area contributed by atoms with E-state index in [0.29, 0.717) is 10.8 Å². The van der Waals surface area contributed by atoms with E-state index in [1.807, 2.05) is 0 Å². The van der Waals surface area contributed by atoms with Gasteiger partial charge in [0.1, 0.15) is 0 Å². The van der Waals surface area contributed by atoms with Crippen molar-refractivity contribution in [3.05, 3.63) is 0 Å². The van der Waals surface area contributed by atoms with Gasteiger partial charge >= 0.3 is 0 Å². The van der Waals surface area contributed by atoms with Crippen molar-refractivity contribution in [1.82, 2.24) is 5.32 Å². The minimum absolute atomic E-state index is 0.0437. The molecule has 1 saturated carbocycles. The summed E-state index contributed by atoms with van der Waals surface area (Å²) in [6.07, 6.45) is 2.26. The summed E-state index contributed by atoms with van der Waals surface area (Å²) in [6.45, 7) is 15.9. The predicted molar refractivity (Wildman–Crippen MR) is 71.4 cm³/mol. The van der Waals surface area contributed by atoms with Crippen molar-refractivity contribution in [1.29, 1.82) is 0 Å². The summed E-state index contributed by atoms with van der Waals surface area (Å²) in [5.74, 6) is 0.789. The van der Waals surface area contributed by atoms with Gasteiger partial charge in [-0.05, 0) is 36.6 Å². The highest BCUT2D eigenvalue weighted by molar-refractivity contribution is 5.12. The van der Waals surface area contributed by atoms with Crippen molar-refractivity contribution in [2.24, 2.45) is 22.5 Å². The molecule has 0 radical (unpaired) electrons. The van der Waals surface area contributed by atoms with E-state index >= 15 is 0 Å². The quantitative estimate of drug-likeness (QED) is 0.731. The summed E-state index contributed by atoms with van der Waals surface area (Å²) >= 11 is 0. The van der Waals surface area contributed by atoms with Gasteiger partial charge in [-0.3, -0.25) is 0 Å². The Morgan fingerprint density at radius 2 is 1.69 bits per heavy atom. The highest BCUT2D eigenvalue weighted by Gasteiger charge is 2.63. The third kappa shape index (κ3) is 2.60. The standard InChI is InChI=1S/C14H30N2/c1-7-8-14(6,15)10-16-9-11-12(2,3)13(11,4)5/h11,16H,7-10,15H2,1-6H3. The molecule has 1 aliphatic rings. The average Bonchev–Trinajstić information content (AvgIpc) is 2.47. The molecule has 2 nitrogen and oxygen atoms in total. The maximum Gasteiger partial charge on any atom is 0.0252 e. The lowest BCUT2D eigenvalue weighted by atomic mass is 9.97. The second-order valence-electron chi connectivity index (χ2n) is 7.03. The fourth-order valence-electron chi connectivity index (χ4n) is 3.01. The minimum atomic E-state index is -0.0437. The van der Waals surface area contributed by atoms with Crippen LogP contribution in [-0.4, -0.2) is 18.6 Å². The Balaban J connectivity index is 2.28. The molecule has 0 aromatic rings. The van der Waals surface area contributed by atoms with Crippen LogP contribution in [0.1, 0.15) is 54.4 Å². The van der Waals surface area contributed by atoms with Gasteiger partial charge in [0.25, 0.3) is 0 Å². The molecule has 3 N–H and O–H groups in total. The lowest BCUT2D eigenvalue weighted by Crippen LogP contribution is -2.46. The average molecular weight is 226 g/mol. The van der Waals surface area contributed by atoms with Gasteiger partial charge in [0.2, 0.25) is 0 Å². The van der Waals surface area contributed by atoms with Crippen molar-refractivity contribution in [3.8, 4) is 0 Å². The second kappa shape index (κ2) is 4.30. The van der Waals surface area contributed by atoms with E-state index in [9.17, 15) is 0 Å². The normalized spacial score (nSPS) is 26.4. The first-order valence-corrected chi connectivity index (χ1v) is 6.65. The minimum Gasteiger partial charge on any atom is -0.324 e. The van der Waals surface area contributed by atoms with Crippen molar-refractivity contribution in [3.63, 3.8) is 0 Å². The maximum absolute atomic E-state index is 6.21. The third-order valence-electron chi connectivity index (χ3n) is 5.02.